The summed E-state index contributed by atoms with van der Waals surface area (Å²) in [6, 6.07) is 4.57. The first-order valence-corrected chi connectivity index (χ1v) is 13.1. The van der Waals surface area contributed by atoms with E-state index in [0.717, 1.165) is 10.6 Å². The van der Waals surface area contributed by atoms with Crippen LogP contribution in [-0.4, -0.2) is 64.2 Å². The largest absolute Gasteiger partial charge is 0.368 e. The number of aromatic nitrogens is 3. The molecule has 12 heteroatoms. The third kappa shape index (κ3) is 5.03. The van der Waals surface area contributed by atoms with E-state index in [0.29, 0.717) is 35.0 Å². The van der Waals surface area contributed by atoms with Gasteiger partial charge in [0.25, 0.3) is 5.91 Å². The van der Waals surface area contributed by atoms with E-state index in [1.54, 1.807) is 29.2 Å². The minimum absolute atomic E-state index is 0.131. The molecule has 2 aromatic heterocycles. The Bertz CT molecular complexity index is 1360. The molecule has 0 radical (unpaired) electrons. The van der Waals surface area contributed by atoms with Crippen molar-refractivity contribution >= 4 is 32.7 Å². The molecule has 3 heterocycles. The predicted octanol–water partition coefficient (Wildman–Crippen LogP) is 1.59. The molecule has 1 aromatic carbocycles. The molecule has 3 N–H and O–H groups in total. The summed E-state index contributed by atoms with van der Waals surface area (Å²) in [6.07, 6.45) is 6.95. The number of carbonyl (C=O) groups is 2. The summed E-state index contributed by atoms with van der Waals surface area (Å²) in [5.74, 6) is -1.55. The zero-order chi connectivity index (χ0) is 25.3. The van der Waals surface area contributed by atoms with Crippen molar-refractivity contribution in [3.63, 3.8) is 0 Å². The number of halogens is 1. The molecule has 3 aromatic rings. The van der Waals surface area contributed by atoms with E-state index >= 15 is 0 Å². The fraction of sp³-hybridized carbons (Fsp3) is 0.391. The lowest BCUT2D eigenvalue weighted by Gasteiger charge is -2.39. The average Bonchev–Trinajstić information content (AvgIpc) is 3.26. The molecule has 10 nitrogen and oxygen atoms in total. The Labute approximate surface area is 202 Å². The molecule has 1 saturated heterocycles. The Morgan fingerprint density at radius 1 is 1.23 bits per heavy atom. The zero-order valence-corrected chi connectivity index (χ0v) is 20.2. The second-order valence-electron chi connectivity index (χ2n) is 8.72. The number of amides is 2. The maximum absolute atomic E-state index is 13.3. The number of nitrogens with two attached hydrogens (primary N) is 1. The van der Waals surface area contributed by atoms with Gasteiger partial charge in [-0.1, -0.05) is 6.92 Å². The third-order valence-corrected chi connectivity index (χ3v) is 7.78. The van der Waals surface area contributed by atoms with Gasteiger partial charge in [0.2, 0.25) is 15.9 Å². The maximum atomic E-state index is 13.3. The fourth-order valence-electron chi connectivity index (χ4n) is 4.70. The van der Waals surface area contributed by atoms with Crippen LogP contribution in [0.1, 0.15) is 36.5 Å². The molecule has 1 fully saturated rings. The molecule has 35 heavy (non-hydrogen) atoms. The quantitative estimate of drug-likeness (QED) is 0.503. The summed E-state index contributed by atoms with van der Waals surface area (Å²) in [7, 11) is -3.58. The minimum Gasteiger partial charge on any atom is -0.368 e. The number of carbonyl (C=O) groups excluding carboxylic acids is 2. The van der Waals surface area contributed by atoms with Crippen LogP contribution in [0.2, 0.25) is 0 Å². The first kappa shape index (κ1) is 24.7. The number of nitrogens with one attached hydrogen (secondary N) is 1. The van der Waals surface area contributed by atoms with Crippen molar-refractivity contribution in [3.8, 4) is 5.69 Å². The van der Waals surface area contributed by atoms with Crippen molar-refractivity contribution in [3.05, 3.63) is 54.2 Å². The molecule has 2 amide bonds. The van der Waals surface area contributed by atoms with Gasteiger partial charge >= 0.3 is 0 Å². The molecule has 0 aliphatic carbocycles. The van der Waals surface area contributed by atoms with Crippen LogP contribution in [0.25, 0.3) is 16.6 Å². The molecule has 4 rings (SSSR count). The highest BCUT2D eigenvalue weighted by molar-refractivity contribution is 7.88. The lowest BCUT2D eigenvalue weighted by Crippen LogP contribution is -2.55. The van der Waals surface area contributed by atoms with Gasteiger partial charge in [0.1, 0.15) is 11.9 Å². The number of fused-ring (bicyclic) bond motifs is 1. The summed E-state index contributed by atoms with van der Waals surface area (Å²) in [5, 5.41) is 7.96. The van der Waals surface area contributed by atoms with E-state index in [-0.39, 0.29) is 36.6 Å². The van der Waals surface area contributed by atoms with Gasteiger partial charge in [0, 0.05) is 24.2 Å². The summed E-state index contributed by atoms with van der Waals surface area (Å²) < 4.78 is 40.2. The normalized spacial score (nSPS) is 20.0. The molecule has 0 bridgehead atoms. The summed E-state index contributed by atoms with van der Waals surface area (Å²) in [6.45, 7) is 2.07. The molecule has 1 aliphatic rings. The summed E-state index contributed by atoms with van der Waals surface area (Å²) >= 11 is 0. The van der Waals surface area contributed by atoms with Gasteiger partial charge in [0.05, 0.1) is 35.4 Å². The van der Waals surface area contributed by atoms with Crippen molar-refractivity contribution in [2.45, 2.75) is 38.3 Å². The second kappa shape index (κ2) is 9.70. The van der Waals surface area contributed by atoms with E-state index in [4.69, 9.17) is 5.73 Å². The smallest absolute Gasteiger partial charge is 0.253 e. The Morgan fingerprint density at radius 3 is 2.57 bits per heavy atom. The topological polar surface area (TPSA) is 140 Å². The average molecular weight is 503 g/mol. The van der Waals surface area contributed by atoms with Crippen LogP contribution in [0, 0.1) is 11.7 Å². The van der Waals surface area contributed by atoms with Crippen molar-refractivity contribution < 1.29 is 22.4 Å². The van der Waals surface area contributed by atoms with Crippen molar-refractivity contribution in [2.75, 3.05) is 12.8 Å². The number of primary amides is 1. The van der Waals surface area contributed by atoms with Gasteiger partial charge in [-0.15, -0.1) is 0 Å². The monoisotopic (exact) mass is 502 g/mol. The number of sulfonamides is 1. The first-order chi connectivity index (χ1) is 16.6. The number of nitrogens with zero attached hydrogens (tertiary/aromatic N) is 4. The number of rotatable bonds is 7. The summed E-state index contributed by atoms with van der Waals surface area (Å²) in [4.78, 5) is 29.4. The van der Waals surface area contributed by atoms with Crippen LogP contribution in [0.5, 0.6) is 0 Å². The van der Waals surface area contributed by atoms with Gasteiger partial charge < -0.3 is 11.1 Å². The van der Waals surface area contributed by atoms with E-state index < -0.39 is 22.0 Å². The van der Waals surface area contributed by atoms with Gasteiger partial charge in [-0.3, -0.25) is 14.6 Å². The fourth-order valence-corrected chi connectivity index (χ4v) is 5.79. The van der Waals surface area contributed by atoms with Gasteiger partial charge in [-0.05, 0) is 49.4 Å². The van der Waals surface area contributed by atoms with E-state index in [1.807, 2.05) is 6.92 Å². The number of hydrogen-bond acceptors (Lipinski definition) is 6. The number of hydrogen-bond donors (Lipinski definition) is 2. The lowest BCUT2D eigenvalue weighted by molar-refractivity contribution is -0.123. The lowest BCUT2D eigenvalue weighted by atomic mass is 9.84. The summed E-state index contributed by atoms with van der Waals surface area (Å²) in [5.41, 5.74) is 7.05. The highest BCUT2D eigenvalue weighted by atomic mass is 32.2. The van der Waals surface area contributed by atoms with Crippen LogP contribution < -0.4 is 11.1 Å². The Kier molecular flexibility index (Phi) is 6.86. The van der Waals surface area contributed by atoms with Gasteiger partial charge in [0.15, 0.2) is 0 Å². The predicted molar refractivity (Wildman–Crippen MR) is 128 cm³/mol. The highest BCUT2D eigenvalue weighted by Gasteiger charge is 2.39. The Morgan fingerprint density at radius 2 is 1.94 bits per heavy atom. The van der Waals surface area contributed by atoms with Crippen LogP contribution in [0.4, 0.5) is 4.39 Å². The molecule has 0 spiro atoms. The highest BCUT2D eigenvalue weighted by Crippen LogP contribution is 2.29. The molecule has 0 saturated carbocycles. The van der Waals surface area contributed by atoms with Crippen molar-refractivity contribution in [1.29, 1.82) is 0 Å². The molecule has 1 aliphatic heterocycles. The molecule has 3 atom stereocenters. The van der Waals surface area contributed by atoms with E-state index in [9.17, 15) is 22.4 Å². The second-order valence-corrected chi connectivity index (χ2v) is 10.7. The number of benzene rings is 1. The van der Waals surface area contributed by atoms with Crippen molar-refractivity contribution in [1.82, 2.24) is 24.4 Å². The molecular weight excluding hydrogens is 475 g/mol. The van der Waals surface area contributed by atoms with Gasteiger partial charge in [-0.25, -0.2) is 17.5 Å². The first-order valence-electron chi connectivity index (χ1n) is 11.2. The maximum Gasteiger partial charge on any atom is 0.253 e. The standard InChI is InChI=1S/C23H27FN6O4S/c1-3-19(14-8-9-29(35(2,33)34)20(10-14)22(25)31)28-23(32)18-11-26-13-21-17(18)12-27-30(21)16-6-4-15(24)5-7-16/h4-7,11-14,19-20H,3,8-10H2,1-2H3,(H2,25,31)(H,28,32)/t14-,19+,20-/m1/s1. The van der Waals surface area contributed by atoms with E-state index in [2.05, 4.69) is 15.4 Å². The van der Waals surface area contributed by atoms with Crippen LogP contribution in [0.15, 0.2) is 42.9 Å². The Hall–Kier alpha value is -3.38. The van der Waals surface area contributed by atoms with Gasteiger partial charge in [-0.2, -0.15) is 9.40 Å². The zero-order valence-electron chi connectivity index (χ0n) is 19.4. The Balaban J connectivity index is 1.56. The molecule has 0 unspecified atom stereocenters. The third-order valence-electron chi connectivity index (χ3n) is 6.49. The molecule has 186 valence electrons. The van der Waals surface area contributed by atoms with E-state index in [1.165, 1.54) is 18.3 Å². The minimum atomic E-state index is -3.58. The van der Waals surface area contributed by atoms with Crippen LogP contribution in [0.3, 0.4) is 0 Å². The molecular formula is C23H27FN6O4S. The number of piperidine rings is 1. The SMILES string of the molecule is CC[C@H](NC(=O)c1cncc2c1cnn2-c1ccc(F)cc1)[C@@H]1CCN(S(C)(=O)=O)[C@@H](C(N)=O)C1. The van der Waals surface area contributed by atoms with Crippen LogP contribution >= 0.6 is 0 Å². The van der Waals surface area contributed by atoms with Crippen LogP contribution in [-0.2, 0) is 14.8 Å². The van der Waals surface area contributed by atoms with Crippen molar-refractivity contribution in [2.24, 2.45) is 11.7 Å². The number of pyridine rings is 1.